The number of hydrogen-bond donors (Lipinski definition) is 1. The third kappa shape index (κ3) is 2.59. The van der Waals surface area contributed by atoms with Crippen molar-refractivity contribution in [3.8, 4) is 0 Å². The van der Waals surface area contributed by atoms with Gasteiger partial charge in [0.25, 0.3) is 0 Å². The molecule has 1 unspecified atom stereocenters. The molecule has 4 heteroatoms. The van der Waals surface area contributed by atoms with Crippen LogP contribution in [-0.2, 0) is 22.7 Å². The lowest BCUT2D eigenvalue weighted by molar-refractivity contribution is 0.458. The third-order valence-corrected chi connectivity index (χ3v) is 5.91. The Labute approximate surface area is 109 Å². The summed E-state index contributed by atoms with van der Waals surface area (Å²) in [5.41, 5.74) is 2.88. The fraction of sp³-hybridized carbons (Fsp3) is 0.571. The molecule has 1 aromatic carbocycles. The van der Waals surface area contributed by atoms with Crippen LogP contribution in [0.1, 0.15) is 17.5 Å². The Hall–Kier alpha value is -0.870. The fourth-order valence-electron chi connectivity index (χ4n) is 3.07. The summed E-state index contributed by atoms with van der Waals surface area (Å²) in [4.78, 5) is 0. The van der Waals surface area contributed by atoms with Gasteiger partial charge in [0.05, 0.1) is 11.5 Å². The van der Waals surface area contributed by atoms with Gasteiger partial charge in [-0.3, -0.25) is 0 Å². The zero-order valence-corrected chi connectivity index (χ0v) is 11.2. The summed E-state index contributed by atoms with van der Waals surface area (Å²) in [6.45, 7) is 0.845. The van der Waals surface area contributed by atoms with Crippen LogP contribution in [0.15, 0.2) is 24.3 Å². The molecule has 1 aliphatic carbocycles. The van der Waals surface area contributed by atoms with Crippen molar-refractivity contribution in [2.75, 3.05) is 18.1 Å². The first-order valence-corrected chi connectivity index (χ1v) is 8.45. The first-order chi connectivity index (χ1) is 8.62. The Kier molecular flexibility index (Phi) is 3.16. The van der Waals surface area contributed by atoms with Gasteiger partial charge < -0.3 is 5.32 Å². The smallest absolute Gasteiger partial charge is 0.150 e. The van der Waals surface area contributed by atoms with E-state index in [0.717, 1.165) is 25.8 Å². The van der Waals surface area contributed by atoms with Crippen molar-refractivity contribution in [2.45, 2.75) is 25.3 Å². The standard InChI is InChI=1S/C14H19NO2S/c16-18(17)6-5-11(10-18)9-15-14-7-12-3-1-2-4-13(12)8-14/h1-4,11,14-15H,5-10H2. The molecule has 98 valence electrons. The van der Waals surface area contributed by atoms with E-state index in [2.05, 4.69) is 29.6 Å². The molecule has 0 spiro atoms. The van der Waals surface area contributed by atoms with Gasteiger partial charge in [0.15, 0.2) is 9.84 Å². The molecule has 1 aromatic rings. The van der Waals surface area contributed by atoms with Crippen LogP contribution in [0.4, 0.5) is 0 Å². The maximum atomic E-state index is 11.4. The second-order valence-electron chi connectivity index (χ2n) is 5.55. The highest BCUT2D eigenvalue weighted by Gasteiger charge is 2.29. The van der Waals surface area contributed by atoms with Crippen LogP contribution in [0.25, 0.3) is 0 Å². The van der Waals surface area contributed by atoms with Crippen LogP contribution in [-0.4, -0.2) is 32.5 Å². The molecule has 3 rings (SSSR count). The van der Waals surface area contributed by atoms with Gasteiger partial charge in [0.2, 0.25) is 0 Å². The number of sulfone groups is 1. The number of rotatable bonds is 3. The van der Waals surface area contributed by atoms with Gasteiger partial charge >= 0.3 is 0 Å². The molecule has 1 fully saturated rings. The highest BCUT2D eigenvalue weighted by Crippen LogP contribution is 2.23. The molecule has 1 saturated heterocycles. The zero-order valence-electron chi connectivity index (χ0n) is 10.4. The van der Waals surface area contributed by atoms with Crippen LogP contribution >= 0.6 is 0 Å². The number of nitrogens with one attached hydrogen (secondary N) is 1. The SMILES string of the molecule is O=S1(=O)CCC(CNC2Cc3ccccc3C2)C1. The van der Waals surface area contributed by atoms with Crippen molar-refractivity contribution in [2.24, 2.45) is 5.92 Å². The van der Waals surface area contributed by atoms with E-state index < -0.39 is 9.84 Å². The molecular formula is C14H19NO2S. The second-order valence-corrected chi connectivity index (χ2v) is 7.78. The predicted molar refractivity (Wildman–Crippen MR) is 72.4 cm³/mol. The quantitative estimate of drug-likeness (QED) is 0.892. The van der Waals surface area contributed by atoms with Crippen molar-refractivity contribution in [3.05, 3.63) is 35.4 Å². The molecule has 1 atom stereocenters. The monoisotopic (exact) mass is 265 g/mol. The van der Waals surface area contributed by atoms with Gasteiger partial charge in [-0.2, -0.15) is 0 Å². The average molecular weight is 265 g/mol. The van der Waals surface area contributed by atoms with E-state index in [1.165, 1.54) is 11.1 Å². The van der Waals surface area contributed by atoms with Crippen LogP contribution in [0.3, 0.4) is 0 Å². The maximum Gasteiger partial charge on any atom is 0.150 e. The molecule has 0 radical (unpaired) electrons. The summed E-state index contributed by atoms with van der Waals surface area (Å²) in [5.74, 6) is 1.07. The number of fused-ring (bicyclic) bond motifs is 1. The van der Waals surface area contributed by atoms with Crippen molar-refractivity contribution < 1.29 is 8.42 Å². The molecule has 2 aliphatic rings. The lowest BCUT2D eigenvalue weighted by atomic mass is 10.1. The van der Waals surface area contributed by atoms with Crippen LogP contribution < -0.4 is 5.32 Å². The first kappa shape index (κ1) is 12.2. The summed E-state index contributed by atoms with van der Waals surface area (Å²) in [5, 5.41) is 3.54. The molecule has 0 bridgehead atoms. The number of benzene rings is 1. The minimum Gasteiger partial charge on any atom is -0.313 e. The average Bonchev–Trinajstić information content (AvgIpc) is 2.89. The van der Waals surface area contributed by atoms with Crippen LogP contribution in [0.2, 0.25) is 0 Å². The Morgan fingerprint density at radius 2 is 1.83 bits per heavy atom. The normalized spacial score (nSPS) is 26.3. The highest BCUT2D eigenvalue weighted by atomic mass is 32.2. The van der Waals surface area contributed by atoms with E-state index in [0.29, 0.717) is 23.5 Å². The van der Waals surface area contributed by atoms with Crippen molar-refractivity contribution in [1.29, 1.82) is 0 Å². The lowest BCUT2D eigenvalue weighted by Crippen LogP contribution is -2.34. The van der Waals surface area contributed by atoms with E-state index in [1.807, 2.05) is 0 Å². The maximum absolute atomic E-state index is 11.4. The minimum absolute atomic E-state index is 0.318. The number of hydrogen-bond acceptors (Lipinski definition) is 3. The molecule has 0 amide bonds. The Bertz CT molecular complexity index is 513. The Morgan fingerprint density at radius 1 is 1.17 bits per heavy atom. The zero-order chi connectivity index (χ0) is 12.6. The highest BCUT2D eigenvalue weighted by molar-refractivity contribution is 7.91. The summed E-state index contributed by atoms with van der Waals surface area (Å²) >= 11 is 0. The Balaban J connectivity index is 1.52. The van der Waals surface area contributed by atoms with Crippen LogP contribution in [0.5, 0.6) is 0 Å². The van der Waals surface area contributed by atoms with Crippen LogP contribution in [0, 0.1) is 5.92 Å². The van der Waals surface area contributed by atoms with E-state index >= 15 is 0 Å². The minimum atomic E-state index is -2.73. The molecular weight excluding hydrogens is 246 g/mol. The first-order valence-electron chi connectivity index (χ1n) is 6.63. The largest absolute Gasteiger partial charge is 0.313 e. The molecule has 1 aliphatic heterocycles. The fourth-order valence-corrected chi connectivity index (χ4v) is 4.93. The molecule has 1 N–H and O–H groups in total. The van der Waals surface area contributed by atoms with Gasteiger partial charge in [-0.25, -0.2) is 8.42 Å². The van der Waals surface area contributed by atoms with Gasteiger partial charge in [-0.15, -0.1) is 0 Å². The van der Waals surface area contributed by atoms with Gasteiger partial charge in [-0.05, 0) is 42.9 Å². The molecule has 3 nitrogen and oxygen atoms in total. The summed E-state index contributed by atoms with van der Waals surface area (Å²) in [6, 6.07) is 9.05. The van der Waals surface area contributed by atoms with E-state index in [4.69, 9.17) is 0 Å². The summed E-state index contributed by atoms with van der Waals surface area (Å²) in [7, 11) is -2.73. The van der Waals surface area contributed by atoms with E-state index in [1.54, 1.807) is 0 Å². The van der Waals surface area contributed by atoms with Gasteiger partial charge in [-0.1, -0.05) is 24.3 Å². The topological polar surface area (TPSA) is 46.2 Å². The van der Waals surface area contributed by atoms with Gasteiger partial charge in [0, 0.05) is 6.04 Å². The summed E-state index contributed by atoms with van der Waals surface area (Å²) in [6.07, 6.45) is 2.99. The van der Waals surface area contributed by atoms with E-state index in [-0.39, 0.29) is 0 Å². The van der Waals surface area contributed by atoms with Crippen molar-refractivity contribution in [1.82, 2.24) is 5.32 Å². The molecule has 0 aromatic heterocycles. The third-order valence-electron chi connectivity index (χ3n) is 4.07. The van der Waals surface area contributed by atoms with Gasteiger partial charge in [0.1, 0.15) is 0 Å². The Morgan fingerprint density at radius 3 is 2.39 bits per heavy atom. The van der Waals surface area contributed by atoms with Crippen molar-refractivity contribution >= 4 is 9.84 Å². The van der Waals surface area contributed by atoms with Crippen molar-refractivity contribution in [3.63, 3.8) is 0 Å². The molecule has 1 heterocycles. The lowest BCUT2D eigenvalue weighted by Gasteiger charge is -2.15. The molecule has 18 heavy (non-hydrogen) atoms. The predicted octanol–water partition coefficient (Wildman–Crippen LogP) is 1.18. The van der Waals surface area contributed by atoms with E-state index in [9.17, 15) is 8.42 Å². The summed E-state index contributed by atoms with van der Waals surface area (Å²) < 4.78 is 22.8. The molecule has 0 saturated carbocycles. The second kappa shape index (κ2) is 4.67.